The van der Waals surface area contributed by atoms with Gasteiger partial charge in [-0.05, 0) is 41.4 Å². The predicted molar refractivity (Wildman–Crippen MR) is 114 cm³/mol. The van der Waals surface area contributed by atoms with E-state index >= 15 is 0 Å². The topological polar surface area (TPSA) is 92.8 Å². The van der Waals surface area contributed by atoms with Crippen molar-refractivity contribution < 1.29 is 23.9 Å². The molecule has 0 spiro atoms. The standard InChI is InChI=1S/C21H18N2O5S2/c24-18-16(29-20(26)22-18)12-13-6-8-15(9-7-13)28-11-10-23-19(25)17(30-21(23)27)14-4-2-1-3-5-14/h1-9,16-17H,10-12H2,(H,22,24,26). The Kier molecular flexibility index (Phi) is 6.10. The van der Waals surface area contributed by atoms with E-state index in [0.717, 1.165) is 34.7 Å². The maximum absolute atomic E-state index is 12.6. The molecule has 2 unspecified atom stereocenters. The fourth-order valence-corrected chi connectivity index (χ4v) is 5.10. The monoisotopic (exact) mass is 442 g/mol. The highest BCUT2D eigenvalue weighted by Gasteiger charge is 2.40. The molecule has 2 fully saturated rings. The minimum Gasteiger partial charge on any atom is -0.492 e. The van der Waals surface area contributed by atoms with Crippen molar-refractivity contribution >= 4 is 45.8 Å². The first-order valence-corrected chi connectivity index (χ1v) is 11.1. The van der Waals surface area contributed by atoms with E-state index in [4.69, 9.17) is 4.74 Å². The van der Waals surface area contributed by atoms with Crippen molar-refractivity contribution in [3.05, 3.63) is 65.7 Å². The van der Waals surface area contributed by atoms with Crippen LogP contribution in [0.1, 0.15) is 16.4 Å². The fraction of sp³-hybridized carbons (Fsp3) is 0.238. The third-order valence-corrected chi connectivity index (χ3v) is 6.84. The van der Waals surface area contributed by atoms with Crippen molar-refractivity contribution in [2.45, 2.75) is 16.9 Å². The lowest BCUT2D eigenvalue weighted by Gasteiger charge is -2.15. The SMILES string of the molecule is O=C1NC(=O)C(Cc2ccc(OCCN3C(=O)SC(c4ccccc4)C3=O)cc2)S1. The summed E-state index contributed by atoms with van der Waals surface area (Å²) in [5.41, 5.74) is 1.73. The molecule has 2 atom stereocenters. The molecule has 2 heterocycles. The highest BCUT2D eigenvalue weighted by Crippen LogP contribution is 2.38. The number of hydrogen-bond donors (Lipinski definition) is 1. The van der Waals surface area contributed by atoms with E-state index in [1.807, 2.05) is 42.5 Å². The Labute approximate surface area is 181 Å². The first-order valence-electron chi connectivity index (χ1n) is 9.31. The average molecular weight is 443 g/mol. The van der Waals surface area contributed by atoms with Crippen molar-refractivity contribution in [1.29, 1.82) is 0 Å². The second-order valence-electron chi connectivity index (χ2n) is 6.74. The number of carbonyl (C=O) groups excluding carboxylic acids is 4. The minimum atomic E-state index is -0.504. The summed E-state index contributed by atoms with van der Waals surface area (Å²) in [6, 6.07) is 16.4. The minimum absolute atomic E-state index is 0.177. The molecule has 2 aliphatic rings. The average Bonchev–Trinajstić information content (AvgIpc) is 3.21. The lowest BCUT2D eigenvalue weighted by molar-refractivity contribution is -0.127. The molecule has 0 bridgehead atoms. The van der Waals surface area contributed by atoms with Gasteiger partial charge in [-0.25, -0.2) is 0 Å². The number of rotatable bonds is 7. The zero-order valence-electron chi connectivity index (χ0n) is 15.8. The van der Waals surface area contributed by atoms with Gasteiger partial charge in [0.25, 0.3) is 10.5 Å². The van der Waals surface area contributed by atoms with E-state index in [-0.39, 0.29) is 35.4 Å². The third kappa shape index (κ3) is 4.52. The zero-order chi connectivity index (χ0) is 21.1. The van der Waals surface area contributed by atoms with Gasteiger partial charge in [0, 0.05) is 0 Å². The van der Waals surface area contributed by atoms with E-state index in [1.165, 1.54) is 4.90 Å². The molecule has 4 amide bonds. The Bertz CT molecular complexity index is 981. The van der Waals surface area contributed by atoms with Gasteiger partial charge in [-0.15, -0.1) is 0 Å². The number of nitrogens with one attached hydrogen (secondary N) is 1. The summed E-state index contributed by atoms with van der Waals surface area (Å²) in [6.45, 7) is 0.366. The van der Waals surface area contributed by atoms with Crippen LogP contribution in [-0.2, 0) is 16.0 Å². The number of hydrogen-bond acceptors (Lipinski definition) is 7. The van der Waals surface area contributed by atoms with Gasteiger partial charge >= 0.3 is 0 Å². The van der Waals surface area contributed by atoms with Crippen LogP contribution >= 0.6 is 23.5 Å². The summed E-state index contributed by atoms with van der Waals surface area (Å²) in [4.78, 5) is 48.9. The van der Waals surface area contributed by atoms with E-state index in [2.05, 4.69) is 5.32 Å². The number of thioether (sulfide) groups is 2. The van der Waals surface area contributed by atoms with Crippen molar-refractivity contribution in [1.82, 2.24) is 10.2 Å². The number of nitrogens with zero attached hydrogens (tertiary/aromatic N) is 1. The third-order valence-electron chi connectivity index (χ3n) is 4.73. The van der Waals surface area contributed by atoms with Gasteiger partial charge in [-0.3, -0.25) is 29.4 Å². The summed E-state index contributed by atoms with van der Waals surface area (Å²) in [5, 5.41) is 0.773. The Morgan fingerprint density at radius 3 is 2.33 bits per heavy atom. The second-order valence-corrected chi connectivity index (χ2v) is 8.98. The molecule has 0 radical (unpaired) electrons. The highest BCUT2D eigenvalue weighted by atomic mass is 32.2. The van der Waals surface area contributed by atoms with Crippen molar-refractivity contribution in [3.8, 4) is 5.75 Å². The molecule has 9 heteroatoms. The summed E-state index contributed by atoms with van der Waals surface area (Å²) >= 11 is 2.02. The van der Waals surface area contributed by atoms with Gasteiger partial charge in [0.05, 0.1) is 11.8 Å². The Balaban J connectivity index is 1.28. The van der Waals surface area contributed by atoms with Crippen LogP contribution in [0.2, 0.25) is 0 Å². The maximum Gasteiger partial charge on any atom is 0.289 e. The Hall–Kier alpha value is -2.78. The number of imide groups is 2. The molecule has 7 nitrogen and oxygen atoms in total. The fourth-order valence-electron chi connectivity index (χ4n) is 3.20. The number of benzene rings is 2. The van der Waals surface area contributed by atoms with E-state index in [1.54, 1.807) is 12.1 Å². The first-order chi connectivity index (χ1) is 14.5. The van der Waals surface area contributed by atoms with Crippen LogP contribution in [0.4, 0.5) is 9.59 Å². The second kappa shape index (κ2) is 8.93. The maximum atomic E-state index is 12.6. The normalized spacial score (nSPS) is 21.3. The quantitative estimate of drug-likeness (QED) is 0.702. The molecule has 2 aliphatic heterocycles. The van der Waals surface area contributed by atoms with Gasteiger partial charge in [0.1, 0.15) is 17.6 Å². The van der Waals surface area contributed by atoms with Crippen LogP contribution in [0.25, 0.3) is 0 Å². The van der Waals surface area contributed by atoms with Crippen molar-refractivity contribution in [2.24, 2.45) is 0 Å². The number of ether oxygens (including phenoxy) is 1. The zero-order valence-corrected chi connectivity index (χ0v) is 17.4. The Morgan fingerprint density at radius 1 is 0.933 bits per heavy atom. The summed E-state index contributed by atoms with van der Waals surface area (Å²) < 4.78 is 5.67. The van der Waals surface area contributed by atoms with E-state index in [9.17, 15) is 19.2 Å². The first kappa shape index (κ1) is 20.5. The van der Waals surface area contributed by atoms with Crippen LogP contribution in [0.5, 0.6) is 5.75 Å². The van der Waals surface area contributed by atoms with Crippen LogP contribution in [0.3, 0.4) is 0 Å². The molecule has 1 N–H and O–H groups in total. The molecule has 2 saturated heterocycles. The van der Waals surface area contributed by atoms with Crippen LogP contribution < -0.4 is 10.1 Å². The van der Waals surface area contributed by atoms with Gasteiger partial charge in [0.2, 0.25) is 11.8 Å². The molecule has 30 heavy (non-hydrogen) atoms. The molecule has 4 rings (SSSR count). The summed E-state index contributed by atoms with van der Waals surface area (Å²) in [7, 11) is 0. The molecule has 2 aromatic rings. The van der Waals surface area contributed by atoms with Crippen molar-refractivity contribution in [2.75, 3.05) is 13.2 Å². The molecule has 154 valence electrons. The van der Waals surface area contributed by atoms with Gasteiger partial charge < -0.3 is 4.74 Å². The van der Waals surface area contributed by atoms with Gasteiger partial charge in [-0.2, -0.15) is 0 Å². The van der Waals surface area contributed by atoms with Crippen LogP contribution in [0, 0.1) is 0 Å². The molecule has 0 saturated carbocycles. The summed E-state index contributed by atoms with van der Waals surface area (Å²) in [5.74, 6) is 0.110. The number of amides is 4. The van der Waals surface area contributed by atoms with Gasteiger partial charge in [0.15, 0.2) is 0 Å². The molecule has 2 aromatic carbocycles. The Morgan fingerprint density at radius 2 is 1.67 bits per heavy atom. The molecular formula is C21H18N2O5S2. The summed E-state index contributed by atoms with van der Waals surface area (Å²) in [6.07, 6.45) is 0.456. The van der Waals surface area contributed by atoms with E-state index < -0.39 is 10.5 Å². The lowest BCUT2D eigenvalue weighted by Crippen LogP contribution is -2.33. The molecule has 0 aromatic heterocycles. The molecular weight excluding hydrogens is 424 g/mol. The van der Waals surface area contributed by atoms with E-state index in [0.29, 0.717) is 12.2 Å². The van der Waals surface area contributed by atoms with Crippen LogP contribution in [-0.4, -0.2) is 45.6 Å². The largest absolute Gasteiger partial charge is 0.492 e. The lowest BCUT2D eigenvalue weighted by atomic mass is 10.1. The highest BCUT2D eigenvalue weighted by molar-refractivity contribution is 8.15. The smallest absolute Gasteiger partial charge is 0.289 e. The predicted octanol–water partition coefficient (Wildman–Crippen LogP) is 3.40. The van der Waals surface area contributed by atoms with Gasteiger partial charge in [-0.1, -0.05) is 54.2 Å². The molecule has 0 aliphatic carbocycles. The number of carbonyl (C=O) groups is 4. The van der Waals surface area contributed by atoms with Crippen LogP contribution in [0.15, 0.2) is 54.6 Å². The van der Waals surface area contributed by atoms with Crippen molar-refractivity contribution in [3.63, 3.8) is 0 Å².